The maximum Gasteiger partial charge on any atom is 0.251 e. The van der Waals surface area contributed by atoms with Gasteiger partial charge in [-0.25, -0.2) is 4.68 Å². The zero-order valence-electron chi connectivity index (χ0n) is 16.9. The van der Waals surface area contributed by atoms with Crippen LogP contribution < -0.4 is 10.1 Å². The van der Waals surface area contributed by atoms with E-state index in [0.29, 0.717) is 24.2 Å². The average Bonchev–Trinajstić information content (AvgIpc) is 3.19. The molecule has 4 aromatic rings. The molecule has 4 rings (SSSR count). The maximum atomic E-state index is 12.5. The predicted octanol–water partition coefficient (Wildman–Crippen LogP) is 3.85. The number of aromatic nitrogens is 3. The Morgan fingerprint density at radius 1 is 1.00 bits per heavy atom. The molecule has 0 atom stereocenters. The van der Waals surface area contributed by atoms with Crippen molar-refractivity contribution in [3.63, 3.8) is 0 Å². The van der Waals surface area contributed by atoms with Gasteiger partial charge in [-0.1, -0.05) is 47.7 Å². The number of aryl methyl sites for hydroxylation is 1. The van der Waals surface area contributed by atoms with Gasteiger partial charge in [0.05, 0.1) is 19.2 Å². The second-order valence-electron chi connectivity index (χ2n) is 7.14. The highest BCUT2D eigenvalue weighted by molar-refractivity contribution is 5.97. The van der Waals surface area contributed by atoms with Gasteiger partial charge in [0.25, 0.3) is 5.91 Å². The Labute approximate surface area is 175 Å². The lowest BCUT2D eigenvalue weighted by Gasteiger charge is -2.06. The smallest absolute Gasteiger partial charge is 0.251 e. The minimum atomic E-state index is -0.0883. The van der Waals surface area contributed by atoms with Crippen molar-refractivity contribution >= 4 is 16.9 Å². The van der Waals surface area contributed by atoms with Gasteiger partial charge in [-0.05, 0) is 54.3 Å². The summed E-state index contributed by atoms with van der Waals surface area (Å²) in [6.45, 7) is 1.24. The van der Waals surface area contributed by atoms with Gasteiger partial charge in [-0.15, -0.1) is 5.10 Å². The van der Waals surface area contributed by atoms with Crippen LogP contribution in [0.25, 0.3) is 11.0 Å². The molecule has 0 radical (unpaired) electrons. The van der Waals surface area contributed by atoms with Gasteiger partial charge < -0.3 is 10.1 Å². The molecule has 0 fully saturated rings. The molecule has 6 heteroatoms. The standard InChI is InChI=1S/C24H24N4O2/c1-30-21-12-9-19(10-13-21)17-28-23-14-11-20(16-22(23)26-27-28)24(29)25-15-5-8-18-6-3-2-4-7-18/h2-4,6-7,9-14,16H,5,8,15,17H2,1H3,(H,25,29). The molecule has 0 bridgehead atoms. The number of fused-ring (bicyclic) bond motifs is 1. The van der Waals surface area contributed by atoms with Crippen molar-refractivity contribution in [3.8, 4) is 5.75 Å². The molecule has 30 heavy (non-hydrogen) atoms. The van der Waals surface area contributed by atoms with Gasteiger partial charge in [0, 0.05) is 12.1 Å². The SMILES string of the molecule is COc1ccc(Cn2nnc3cc(C(=O)NCCCc4ccccc4)ccc32)cc1. The van der Waals surface area contributed by atoms with Crippen LogP contribution in [0.2, 0.25) is 0 Å². The summed E-state index contributed by atoms with van der Waals surface area (Å²) in [4.78, 5) is 12.5. The first kappa shape index (κ1) is 19.6. The highest BCUT2D eigenvalue weighted by Gasteiger charge is 2.10. The van der Waals surface area contributed by atoms with Crippen molar-refractivity contribution in [2.75, 3.05) is 13.7 Å². The summed E-state index contributed by atoms with van der Waals surface area (Å²) < 4.78 is 7.03. The molecule has 0 saturated heterocycles. The van der Waals surface area contributed by atoms with Gasteiger partial charge in [0.15, 0.2) is 0 Å². The first-order valence-electron chi connectivity index (χ1n) is 10.0. The number of nitrogens with one attached hydrogen (secondary N) is 1. The largest absolute Gasteiger partial charge is 0.497 e. The van der Waals surface area contributed by atoms with Crippen LogP contribution in [0.3, 0.4) is 0 Å². The van der Waals surface area contributed by atoms with Crippen LogP contribution in [0.15, 0.2) is 72.8 Å². The lowest BCUT2D eigenvalue weighted by atomic mass is 10.1. The number of nitrogens with zero attached hydrogens (tertiary/aromatic N) is 3. The van der Waals surface area contributed by atoms with E-state index in [1.165, 1.54) is 5.56 Å². The summed E-state index contributed by atoms with van der Waals surface area (Å²) in [7, 11) is 1.65. The average molecular weight is 400 g/mol. The van der Waals surface area contributed by atoms with Crippen molar-refractivity contribution in [1.82, 2.24) is 20.3 Å². The van der Waals surface area contributed by atoms with E-state index in [2.05, 4.69) is 27.8 Å². The van der Waals surface area contributed by atoms with Gasteiger partial charge >= 0.3 is 0 Å². The molecule has 0 aliphatic rings. The molecular weight excluding hydrogens is 376 g/mol. The van der Waals surface area contributed by atoms with Crippen LogP contribution in [-0.2, 0) is 13.0 Å². The molecule has 1 aromatic heterocycles. The number of hydrogen-bond donors (Lipinski definition) is 1. The van der Waals surface area contributed by atoms with E-state index in [4.69, 9.17) is 4.74 Å². The van der Waals surface area contributed by atoms with Crippen LogP contribution >= 0.6 is 0 Å². The molecule has 1 N–H and O–H groups in total. The first-order chi connectivity index (χ1) is 14.7. The topological polar surface area (TPSA) is 69.0 Å². The lowest BCUT2D eigenvalue weighted by Crippen LogP contribution is -2.24. The number of benzene rings is 3. The highest BCUT2D eigenvalue weighted by Crippen LogP contribution is 2.17. The van der Waals surface area contributed by atoms with Crippen molar-refractivity contribution in [2.45, 2.75) is 19.4 Å². The molecule has 1 heterocycles. The maximum absolute atomic E-state index is 12.5. The van der Waals surface area contributed by atoms with Crippen molar-refractivity contribution in [1.29, 1.82) is 0 Å². The minimum Gasteiger partial charge on any atom is -0.497 e. The summed E-state index contributed by atoms with van der Waals surface area (Å²) in [6, 6.07) is 23.6. The van der Waals surface area contributed by atoms with Crippen LogP contribution in [-0.4, -0.2) is 34.6 Å². The molecule has 152 valence electrons. The Bertz CT molecular complexity index is 1120. The van der Waals surface area contributed by atoms with Gasteiger partial charge in [0.1, 0.15) is 11.3 Å². The number of amides is 1. The molecule has 0 aliphatic heterocycles. The van der Waals surface area contributed by atoms with E-state index in [0.717, 1.165) is 29.7 Å². The zero-order chi connectivity index (χ0) is 20.8. The quantitative estimate of drug-likeness (QED) is 0.456. The minimum absolute atomic E-state index is 0.0883. The third-order valence-corrected chi connectivity index (χ3v) is 5.04. The van der Waals surface area contributed by atoms with Crippen molar-refractivity contribution in [2.24, 2.45) is 0 Å². The predicted molar refractivity (Wildman–Crippen MR) is 117 cm³/mol. The van der Waals surface area contributed by atoms with Crippen LogP contribution in [0.5, 0.6) is 5.75 Å². The van der Waals surface area contributed by atoms with E-state index >= 15 is 0 Å². The van der Waals surface area contributed by atoms with E-state index in [1.807, 2.05) is 59.3 Å². The number of hydrogen-bond acceptors (Lipinski definition) is 4. The summed E-state index contributed by atoms with van der Waals surface area (Å²) >= 11 is 0. The second kappa shape index (κ2) is 9.22. The van der Waals surface area contributed by atoms with Crippen molar-refractivity contribution < 1.29 is 9.53 Å². The van der Waals surface area contributed by atoms with E-state index in [-0.39, 0.29) is 5.91 Å². The van der Waals surface area contributed by atoms with E-state index in [1.54, 1.807) is 13.2 Å². The Kier molecular flexibility index (Phi) is 6.03. The molecule has 0 unspecified atom stereocenters. The summed E-state index contributed by atoms with van der Waals surface area (Å²) in [5.41, 5.74) is 4.58. The van der Waals surface area contributed by atoms with Crippen molar-refractivity contribution in [3.05, 3.63) is 89.5 Å². The molecule has 3 aromatic carbocycles. The normalized spacial score (nSPS) is 10.8. The number of carbonyl (C=O) groups excluding carboxylic acids is 1. The third-order valence-electron chi connectivity index (χ3n) is 5.04. The fourth-order valence-electron chi connectivity index (χ4n) is 3.38. The monoisotopic (exact) mass is 400 g/mol. The van der Waals surface area contributed by atoms with E-state index < -0.39 is 0 Å². The number of carbonyl (C=O) groups is 1. The molecule has 0 spiro atoms. The number of methoxy groups -OCH3 is 1. The number of ether oxygens (including phenoxy) is 1. The Morgan fingerprint density at radius 2 is 1.80 bits per heavy atom. The molecule has 0 aliphatic carbocycles. The summed E-state index contributed by atoms with van der Waals surface area (Å²) in [5.74, 6) is 0.733. The summed E-state index contributed by atoms with van der Waals surface area (Å²) in [5, 5.41) is 11.5. The van der Waals surface area contributed by atoms with Crippen LogP contribution in [0.4, 0.5) is 0 Å². The summed E-state index contributed by atoms with van der Waals surface area (Å²) in [6.07, 6.45) is 1.84. The van der Waals surface area contributed by atoms with Gasteiger partial charge in [-0.3, -0.25) is 4.79 Å². The zero-order valence-corrected chi connectivity index (χ0v) is 16.9. The fraction of sp³-hybridized carbons (Fsp3) is 0.208. The lowest BCUT2D eigenvalue weighted by molar-refractivity contribution is 0.0953. The second-order valence-corrected chi connectivity index (χ2v) is 7.14. The third kappa shape index (κ3) is 4.66. The van der Waals surface area contributed by atoms with Crippen LogP contribution in [0.1, 0.15) is 27.9 Å². The number of rotatable bonds is 8. The Morgan fingerprint density at radius 3 is 2.57 bits per heavy atom. The first-order valence-corrected chi connectivity index (χ1v) is 10.0. The molecule has 0 saturated carbocycles. The molecule has 1 amide bonds. The molecule has 6 nitrogen and oxygen atoms in total. The fourth-order valence-corrected chi connectivity index (χ4v) is 3.38. The van der Waals surface area contributed by atoms with Crippen LogP contribution in [0, 0.1) is 0 Å². The Hall–Kier alpha value is -3.67. The van der Waals surface area contributed by atoms with E-state index in [9.17, 15) is 4.79 Å². The van der Waals surface area contributed by atoms with Gasteiger partial charge in [0.2, 0.25) is 0 Å². The van der Waals surface area contributed by atoms with Gasteiger partial charge in [-0.2, -0.15) is 0 Å². The highest BCUT2D eigenvalue weighted by atomic mass is 16.5. The molecular formula is C24H24N4O2. The Balaban J connectivity index is 1.36.